The normalized spacial score (nSPS) is 10.5. The molecule has 100 valence electrons. The summed E-state index contributed by atoms with van der Waals surface area (Å²) < 4.78 is 24.5. The Kier molecular flexibility index (Phi) is 4.93. The number of hydrogen-bond acceptors (Lipinski definition) is 2. The second-order valence-corrected chi connectivity index (χ2v) is 5.03. The number of ether oxygens (including phenoxy) is 2. The molecule has 19 heavy (non-hydrogen) atoms. The monoisotopic (exact) mass is 324 g/mol. The summed E-state index contributed by atoms with van der Waals surface area (Å²) in [6.07, 6.45) is 0. The first-order valence-corrected chi connectivity index (χ1v) is 6.62. The van der Waals surface area contributed by atoms with Crippen molar-refractivity contribution in [2.24, 2.45) is 0 Å². The van der Waals surface area contributed by atoms with Crippen LogP contribution in [0.15, 0.2) is 46.9 Å². The van der Waals surface area contributed by atoms with E-state index in [2.05, 4.69) is 15.9 Å². The van der Waals surface area contributed by atoms with E-state index in [1.165, 1.54) is 12.1 Å². The van der Waals surface area contributed by atoms with Gasteiger partial charge in [-0.25, -0.2) is 4.39 Å². The molecule has 0 fully saturated rings. The molecule has 4 heteroatoms. The van der Waals surface area contributed by atoms with Crippen LogP contribution in [0.5, 0.6) is 5.75 Å². The van der Waals surface area contributed by atoms with Crippen molar-refractivity contribution in [2.45, 2.75) is 13.2 Å². The third kappa shape index (κ3) is 4.33. The van der Waals surface area contributed by atoms with E-state index in [0.717, 1.165) is 21.3 Å². The Labute approximate surface area is 120 Å². The maximum Gasteiger partial charge on any atom is 0.124 e. The summed E-state index contributed by atoms with van der Waals surface area (Å²) in [5, 5.41) is 0. The average molecular weight is 325 g/mol. The Morgan fingerprint density at radius 1 is 1.00 bits per heavy atom. The molecule has 0 amide bonds. The Balaban J connectivity index is 1.88. The number of halogens is 2. The zero-order valence-electron chi connectivity index (χ0n) is 10.5. The largest absolute Gasteiger partial charge is 0.497 e. The SMILES string of the molecule is COc1ccc(COCc2cc(F)cc(Br)c2)cc1. The van der Waals surface area contributed by atoms with Crippen LogP contribution in [0.3, 0.4) is 0 Å². The Morgan fingerprint density at radius 3 is 2.32 bits per heavy atom. The van der Waals surface area contributed by atoms with Gasteiger partial charge < -0.3 is 9.47 Å². The van der Waals surface area contributed by atoms with Crippen LogP contribution in [-0.2, 0) is 18.0 Å². The molecule has 0 aliphatic heterocycles. The number of benzene rings is 2. The summed E-state index contributed by atoms with van der Waals surface area (Å²) in [6.45, 7) is 0.862. The number of rotatable bonds is 5. The van der Waals surface area contributed by atoms with E-state index in [4.69, 9.17) is 9.47 Å². The lowest BCUT2D eigenvalue weighted by Gasteiger charge is -2.06. The molecule has 2 rings (SSSR count). The number of methoxy groups -OCH3 is 1. The van der Waals surface area contributed by atoms with E-state index in [1.54, 1.807) is 7.11 Å². The molecule has 0 aromatic heterocycles. The fourth-order valence-electron chi connectivity index (χ4n) is 1.70. The summed E-state index contributed by atoms with van der Waals surface area (Å²) in [5.74, 6) is 0.551. The fourth-order valence-corrected chi connectivity index (χ4v) is 2.22. The maximum absolute atomic E-state index is 13.2. The summed E-state index contributed by atoms with van der Waals surface area (Å²) in [7, 11) is 1.63. The predicted octanol–water partition coefficient (Wildman–Crippen LogP) is 4.31. The van der Waals surface area contributed by atoms with Crippen molar-refractivity contribution in [2.75, 3.05) is 7.11 Å². The van der Waals surface area contributed by atoms with Crippen LogP contribution in [0.4, 0.5) is 4.39 Å². The lowest BCUT2D eigenvalue weighted by molar-refractivity contribution is 0.107. The van der Waals surface area contributed by atoms with Crippen molar-refractivity contribution in [1.82, 2.24) is 0 Å². The van der Waals surface area contributed by atoms with Crippen LogP contribution in [0.25, 0.3) is 0 Å². The van der Waals surface area contributed by atoms with Gasteiger partial charge in [-0.15, -0.1) is 0 Å². The molecule has 2 aromatic carbocycles. The van der Waals surface area contributed by atoms with Crippen molar-refractivity contribution < 1.29 is 13.9 Å². The fraction of sp³-hybridized carbons (Fsp3) is 0.200. The molecule has 0 unspecified atom stereocenters. The second-order valence-electron chi connectivity index (χ2n) is 4.12. The first-order chi connectivity index (χ1) is 9.17. The minimum absolute atomic E-state index is 0.266. The summed E-state index contributed by atoms with van der Waals surface area (Å²) in [5.41, 5.74) is 1.86. The topological polar surface area (TPSA) is 18.5 Å². The standard InChI is InChI=1S/C15H14BrFO2/c1-18-15-4-2-11(3-5-15)9-19-10-12-6-13(16)8-14(17)7-12/h2-8H,9-10H2,1H3. The Hall–Kier alpha value is -1.39. The third-order valence-electron chi connectivity index (χ3n) is 2.62. The quantitative estimate of drug-likeness (QED) is 0.815. The highest BCUT2D eigenvalue weighted by Gasteiger charge is 2.00. The van der Waals surface area contributed by atoms with Crippen LogP contribution >= 0.6 is 15.9 Å². The molecular formula is C15H14BrFO2. The Bertz CT molecular complexity index is 520. The first-order valence-electron chi connectivity index (χ1n) is 5.83. The highest BCUT2D eigenvalue weighted by Crippen LogP contribution is 2.17. The van der Waals surface area contributed by atoms with E-state index < -0.39 is 0 Å². The van der Waals surface area contributed by atoms with Gasteiger partial charge in [0.25, 0.3) is 0 Å². The van der Waals surface area contributed by atoms with Crippen molar-refractivity contribution in [3.8, 4) is 5.75 Å². The molecule has 0 saturated heterocycles. The van der Waals surface area contributed by atoms with Crippen molar-refractivity contribution in [3.05, 3.63) is 63.9 Å². The molecule has 2 aromatic rings. The molecule has 2 nitrogen and oxygen atoms in total. The maximum atomic E-state index is 13.2. The summed E-state index contributed by atoms with van der Waals surface area (Å²) in [6, 6.07) is 12.4. The smallest absolute Gasteiger partial charge is 0.124 e. The molecule has 0 aliphatic carbocycles. The van der Waals surface area contributed by atoms with Gasteiger partial charge in [-0.3, -0.25) is 0 Å². The second kappa shape index (κ2) is 6.68. The number of hydrogen-bond donors (Lipinski definition) is 0. The van der Waals surface area contributed by atoms with Crippen molar-refractivity contribution in [3.63, 3.8) is 0 Å². The highest BCUT2D eigenvalue weighted by molar-refractivity contribution is 9.10. The summed E-state index contributed by atoms with van der Waals surface area (Å²) >= 11 is 3.26. The highest BCUT2D eigenvalue weighted by atomic mass is 79.9. The predicted molar refractivity (Wildman–Crippen MR) is 75.6 cm³/mol. The van der Waals surface area contributed by atoms with E-state index in [-0.39, 0.29) is 5.82 Å². The van der Waals surface area contributed by atoms with Crippen LogP contribution in [0, 0.1) is 5.82 Å². The lowest BCUT2D eigenvalue weighted by atomic mass is 10.2. The first kappa shape index (κ1) is 14.0. The van der Waals surface area contributed by atoms with Crippen LogP contribution < -0.4 is 4.74 Å². The van der Waals surface area contributed by atoms with E-state index >= 15 is 0 Å². The molecule has 0 saturated carbocycles. The van der Waals surface area contributed by atoms with Gasteiger partial charge in [0.2, 0.25) is 0 Å². The third-order valence-corrected chi connectivity index (χ3v) is 3.08. The molecule has 0 heterocycles. The van der Waals surface area contributed by atoms with Gasteiger partial charge in [0.1, 0.15) is 11.6 Å². The van der Waals surface area contributed by atoms with Gasteiger partial charge in [0, 0.05) is 4.47 Å². The van der Waals surface area contributed by atoms with Gasteiger partial charge in [0.15, 0.2) is 0 Å². The van der Waals surface area contributed by atoms with E-state index in [0.29, 0.717) is 13.2 Å². The van der Waals surface area contributed by atoms with Gasteiger partial charge in [-0.05, 0) is 41.5 Å². The molecule has 0 N–H and O–H groups in total. The van der Waals surface area contributed by atoms with Gasteiger partial charge in [-0.2, -0.15) is 0 Å². The van der Waals surface area contributed by atoms with Crippen LogP contribution in [0.2, 0.25) is 0 Å². The van der Waals surface area contributed by atoms with Crippen molar-refractivity contribution in [1.29, 1.82) is 0 Å². The molecule has 0 spiro atoms. The minimum Gasteiger partial charge on any atom is -0.497 e. The zero-order valence-corrected chi connectivity index (χ0v) is 12.1. The van der Waals surface area contributed by atoms with E-state index in [1.807, 2.05) is 30.3 Å². The minimum atomic E-state index is -0.266. The zero-order chi connectivity index (χ0) is 13.7. The van der Waals surface area contributed by atoms with Gasteiger partial charge in [-0.1, -0.05) is 28.1 Å². The Morgan fingerprint density at radius 2 is 1.68 bits per heavy atom. The molecule has 0 radical (unpaired) electrons. The van der Waals surface area contributed by atoms with E-state index in [9.17, 15) is 4.39 Å². The van der Waals surface area contributed by atoms with Gasteiger partial charge in [0.05, 0.1) is 20.3 Å². The lowest BCUT2D eigenvalue weighted by Crippen LogP contribution is -1.95. The van der Waals surface area contributed by atoms with Crippen LogP contribution in [0.1, 0.15) is 11.1 Å². The molecular weight excluding hydrogens is 311 g/mol. The van der Waals surface area contributed by atoms with Crippen molar-refractivity contribution >= 4 is 15.9 Å². The average Bonchev–Trinajstić information content (AvgIpc) is 2.38. The molecule has 0 aliphatic rings. The molecule has 0 atom stereocenters. The summed E-state index contributed by atoms with van der Waals surface area (Å²) in [4.78, 5) is 0. The molecule has 0 bridgehead atoms. The van der Waals surface area contributed by atoms with Gasteiger partial charge >= 0.3 is 0 Å². The van der Waals surface area contributed by atoms with Crippen LogP contribution in [-0.4, -0.2) is 7.11 Å².